The summed E-state index contributed by atoms with van der Waals surface area (Å²) in [5, 5.41) is 0. The zero-order valence-electron chi connectivity index (χ0n) is 10.4. The molecule has 2 rings (SSSR count). The fourth-order valence-electron chi connectivity index (χ4n) is 1.72. The molecular formula is C14H12Br2FNO. The van der Waals surface area contributed by atoms with Crippen LogP contribution in [0.4, 0.5) is 10.1 Å². The predicted octanol–water partition coefficient (Wildman–Crippen LogP) is 5.34. The van der Waals surface area contributed by atoms with Crippen molar-refractivity contribution in [3.05, 3.63) is 50.2 Å². The maximum Gasteiger partial charge on any atom is 0.153 e. The largest absolute Gasteiger partial charge is 0.455 e. The minimum absolute atomic E-state index is 0.307. The van der Waals surface area contributed by atoms with Crippen molar-refractivity contribution in [1.29, 1.82) is 0 Å². The molecule has 0 aliphatic carbocycles. The van der Waals surface area contributed by atoms with Crippen molar-refractivity contribution < 1.29 is 9.13 Å². The molecule has 0 spiro atoms. The first-order valence-electron chi connectivity index (χ1n) is 5.57. The highest BCUT2D eigenvalue weighted by atomic mass is 79.9. The van der Waals surface area contributed by atoms with Crippen LogP contribution in [-0.4, -0.2) is 0 Å². The fraction of sp³-hybridized carbons (Fsp3) is 0.143. The number of hydrogen-bond acceptors (Lipinski definition) is 2. The molecule has 0 radical (unpaired) electrons. The molecule has 5 heteroatoms. The molecule has 0 amide bonds. The van der Waals surface area contributed by atoms with Gasteiger partial charge in [0.15, 0.2) is 5.75 Å². The monoisotopic (exact) mass is 387 g/mol. The Hall–Kier alpha value is -1.07. The molecule has 0 aliphatic heterocycles. The zero-order chi connectivity index (χ0) is 14.2. The van der Waals surface area contributed by atoms with Crippen molar-refractivity contribution in [2.45, 2.75) is 13.8 Å². The Morgan fingerprint density at radius 1 is 1.05 bits per heavy atom. The van der Waals surface area contributed by atoms with E-state index in [1.165, 1.54) is 12.1 Å². The molecule has 0 bridgehead atoms. The lowest BCUT2D eigenvalue weighted by molar-refractivity contribution is 0.478. The van der Waals surface area contributed by atoms with Crippen LogP contribution in [-0.2, 0) is 0 Å². The maximum absolute atomic E-state index is 13.5. The van der Waals surface area contributed by atoms with Crippen LogP contribution >= 0.6 is 31.9 Å². The van der Waals surface area contributed by atoms with Gasteiger partial charge >= 0.3 is 0 Å². The van der Waals surface area contributed by atoms with E-state index in [1.807, 2.05) is 26.0 Å². The van der Waals surface area contributed by atoms with Gasteiger partial charge in [-0.05, 0) is 59.1 Å². The molecule has 2 aromatic rings. The molecule has 0 unspecified atom stereocenters. The second kappa shape index (κ2) is 5.51. The van der Waals surface area contributed by atoms with E-state index >= 15 is 0 Å². The summed E-state index contributed by atoms with van der Waals surface area (Å²) in [7, 11) is 0. The molecule has 0 saturated heterocycles. The second-order valence-corrected chi connectivity index (χ2v) is 5.92. The number of halogens is 3. The Bertz CT molecular complexity index is 621. The molecule has 0 aliphatic rings. The highest BCUT2D eigenvalue weighted by Gasteiger charge is 2.10. The number of nitrogens with two attached hydrogens (primary N) is 1. The number of aryl methyl sites for hydroxylation is 2. The SMILES string of the molecule is Cc1cc(Oc2cc(F)c(Br)cc2N)cc(C)c1Br. The zero-order valence-corrected chi connectivity index (χ0v) is 13.6. The number of ether oxygens (including phenoxy) is 1. The maximum atomic E-state index is 13.5. The van der Waals surface area contributed by atoms with Gasteiger partial charge in [0.05, 0.1) is 10.2 Å². The summed E-state index contributed by atoms with van der Waals surface area (Å²) in [6.07, 6.45) is 0. The van der Waals surface area contributed by atoms with Gasteiger partial charge in [-0.25, -0.2) is 4.39 Å². The highest BCUT2D eigenvalue weighted by Crippen LogP contribution is 2.34. The third kappa shape index (κ3) is 3.09. The van der Waals surface area contributed by atoms with E-state index in [1.54, 1.807) is 0 Å². The molecular weight excluding hydrogens is 377 g/mol. The van der Waals surface area contributed by atoms with E-state index < -0.39 is 5.82 Å². The first-order chi connectivity index (χ1) is 8.88. The Morgan fingerprint density at radius 3 is 2.21 bits per heavy atom. The summed E-state index contributed by atoms with van der Waals surface area (Å²) < 4.78 is 20.5. The van der Waals surface area contributed by atoms with Gasteiger partial charge in [0.2, 0.25) is 0 Å². The molecule has 19 heavy (non-hydrogen) atoms. The fourth-order valence-corrected chi connectivity index (χ4v) is 2.31. The van der Waals surface area contributed by atoms with Crippen LogP contribution in [0, 0.1) is 19.7 Å². The Morgan fingerprint density at radius 2 is 1.63 bits per heavy atom. The number of hydrogen-bond donors (Lipinski definition) is 1. The number of benzene rings is 2. The quantitative estimate of drug-likeness (QED) is 0.704. The van der Waals surface area contributed by atoms with E-state index in [9.17, 15) is 4.39 Å². The lowest BCUT2D eigenvalue weighted by Gasteiger charge is -2.12. The summed E-state index contributed by atoms with van der Waals surface area (Å²) in [5.41, 5.74) is 8.29. The number of nitrogen functional groups attached to an aromatic ring is 1. The van der Waals surface area contributed by atoms with Crippen molar-refractivity contribution in [2.75, 3.05) is 5.73 Å². The van der Waals surface area contributed by atoms with Gasteiger partial charge in [-0.3, -0.25) is 0 Å². The van der Waals surface area contributed by atoms with Crippen LogP contribution in [0.25, 0.3) is 0 Å². The smallest absolute Gasteiger partial charge is 0.153 e. The van der Waals surface area contributed by atoms with Crippen LogP contribution in [0.15, 0.2) is 33.2 Å². The lowest BCUT2D eigenvalue weighted by Crippen LogP contribution is -1.95. The first-order valence-corrected chi connectivity index (χ1v) is 7.16. The molecule has 100 valence electrons. The van der Waals surface area contributed by atoms with Gasteiger partial charge in [-0.15, -0.1) is 0 Å². The molecule has 0 saturated carbocycles. The van der Waals surface area contributed by atoms with E-state index in [0.29, 0.717) is 21.7 Å². The van der Waals surface area contributed by atoms with Crippen LogP contribution in [0.2, 0.25) is 0 Å². The lowest BCUT2D eigenvalue weighted by atomic mass is 10.1. The number of anilines is 1. The molecule has 0 atom stereocenters. The van der Waals surface area contributed by atoms with Gasteiger partial charge in [-0.2, -0.15) is 0 Å². The van der Waals surface area contributed by atoms with Crippen molar-refractivity contribution in [3.63, 3.8) is 0 Å². The van der Waals surface area contributed by atoms with Gasteiger partial charge in [0, 0.05) is 10.5 Å². The normalized spacial score (nSPS) is 10.6. The third-order valence-electron chi connectivity index (χ3n) is 2.69. The van der Waals surface area contributed by atoms with Gasteiger partial charge in [0.1, 0.15) is 11.6 Å². The highest BCUT2D eigenvalue weighted by molar-refractivity contribution is 9.10. The average molecular weight is 389 g/mol. The third-order valence-corrected chi connectivity index (χ3v) is 4.55. The second-order valence-electron chi connectivity index (χ2n) is 4.28. The van der Waals surface area contributed by atoms with Crippen LogP contribution in [0.1, 0.15) is 11.1 Å². The van der Waals surface area contributed by atoms with E-state index in [-0.39, 0.29) is 0 Å². The summed E-state index contributed by atoms with van der Waals surface area (Å²) in [4.78, 5) is 0. The summed E-state index contributed by atoms with van der Waals surface area (Å²) in [5.74, 6) is 0.531. The van der Waals surface area contributed by atoms with Crippen molar-refractivity contribution in [1.82, 2.24) is 0 Å². The topological polar surface area (TPSA) is 35.2 Å². The first kappa shape index (κ1) is 14.3. The Balaban J connectivity index is 2.39. The molecule has 2 nitrogen and oxygen atoms in total. The van der Waals surface area contributed by atoms with Crippen molar-refractivity contribution in [2.24, 2.45) is 0 Å². The van der Waals surface area contributed by atoms with E-state index in [4.69, 9.17) is 10.5 Å². The van der Waals surface area contributed by atoms with E-state index in [0.717, 1.165) is 15.6 Å². The van der Waals surface area contributed by atoms with Crippen molar-refractivity contribution in [3.8, 4) is 11.5 Å². The molecule has 0 heterocycles. The predicted molar refractivity (Wildman–Crippen MR) is 82.2 cm³/mol. The van der Waals surface area contributed by atoms with Crippen molar-refractivity contribution >= 4 is 37.5 Å². The summed E-state index contributed by atoms with van der Waals surface area (Å²) >= 11 is 6.57. The van der Waals surface area contributed by atoms with E-state index in [2.05, 4.69) is 31.9 Å². The minimum Gasteiger partial charge on any atom is -0.455 e. The van der Waals surface area contributed by atoms with Gasteiger partial charge < -0.3 is 10.5 Å². The minimum atomic E-state index is -0.408. The van der Waals surface area contributed by atoms with Gasteiger partial charge in [0.25, 0.3) is 0 Å². The van der Waals surface area contributed by atoms with Crippen LogP contribution in [0.3, 0.4) is 0 Å². The van der Waals surface area contributed by atoms with Crippen LogP contribution in [0.5, 0.6) is 11.5 Å². The Labute approximate surface area is 128 Å². The average Bonchev–Trinajstić information content (AvgIpc) is 2.33. The number of rotatable bonds is 2. The summed E-state index contributed by atoms with van der Waals surface area (Å²) in [6, 6.07) is 6.50. The molecule has 0 aromatic heterocycles. The van der Waals surface area contributed by atoms with Crippen LogP contribution < -0.4 is 10.5 Å². The summed E-state index contributed by atoms with van der Waals surface area (Å²) in [6.45, 7) is 3.94. The van der Waals surface area contributed by atoms with Gasteiger partial charge in [-0.1, -0.05) is 15.9 Å². The standard InChI is InChI=1S/C14H12Br2FNO/c1-7-3-9(4-8(2)14(7)16)19-13-6-11(17)10(15)5-12(13)18/h3-6H,18H2,1-2H3. The Kier molecular flexibility index (Phi) is 4.16. The molecule has 0 fully saturated rings. The molecule has 2 aromatic carbocycles. The molecule has 2 N–H and O–H groups in total.